The Bertz CT molecular complexity index is 518. The van der Waals surface area contributed by atoms with Gasteiger partial charge in [0.1, 0.15) is 0 Å². The first-order valence-electron chi connectivity index (χ1n) is 4.82. The van der Waals surface area contributed by atoms with Gasteiger partial charge in [0.2, 0.25) is 0 Å². The molecule has 0 amide bonds. The van der Waals surface area contributed by atoms with E-state index in [2.05, 4.69) is 0 Å². The zero-order valence-corrected chi connectivity index (χ0v) is 9.41. The molecule has 92 valence electrons. The number of carboxylic acids is 1. The fraction of sp³-hybridized carbons (Fsp3) is 0.400. The lowest BCUT2D eigenvalue weighted by molar-refractivity contribution is -0.385. The molecule has 1 aromatic rings. The van der Waals surface area contributed by atoms with Crippen LogP contribution in [0, 0.1) is 15.5 Å². The highest BCUT2D eigenvalue weighted by Gasteiger charge is 2.28. The summed E-state index contributed by atoms with van der Waals surface area (Å²) >= 11 is 0. The lowest BCUT2D eigenvalue weighted by Crippen LogP contribution is -2.33. The van der Waals surface area contributed by atoms with Crippen LogP contribution < -0.4 is 5.56 Å². The maximum absolute atomic E-state index is 11.4. The second-order valence-electron chi connectivity index (χ2n) is 4.30. The third-order valence-corrected chi connectivity index (χ3v) is 2.32. The molecular formula is C10H12N2O5. The van der Waals surface area contributed by atoms with E-state index in [1.165, 1.54) is 13.8 Å². The first-order chi connectivity index (χ1) is 7.74. The summed E-state index contributed by atoms with van der Waals surface area (Å²) in [5, 5.41) is 19.5. The van der Waals surface area contributed by atoms with Crippen molar-refractivity contribution in [3.63, 3.8) is 0 Å². The molecule has 1 heterocycles. The Hall–Kier alpha value is -2.18. The molecule has 0 atom stereocenters. The maximum atomic E-state index is 11.4. The zero-order chi connectivity index (χ0) is 13.2. The average molecular weight is 240 g/mol. The number of rotatable bonds is 4. The Kier molecular flexibility index (Phi) is 3.31. The third kappa shape index (κ3) is 2.90. The van der Waals surface area contributed by atoms with Gasteiger partial charge in [-0.25, -0.2) is 0 Å². The van der Waals surface area contributed by atoms with E-state index >= 15 is 0 Å². The molecule has 0 unspecified atom stereocenters. The predicted molar refractivity (Wildman–Crippen MR) is 58.8 cm³/mol. The van der Waals surface area contributed by atoms with Gasteiger partial charge in [0.25, 0.3) is 11.2 Å². The van der Waals surface area contributed by atoms with Gasteiger partial charge in [-0.15, -0.1) is 0 Å². The molecule has 0 radical (unpaired) electrons. The number of carboxylic acid groups (broad SMARTS) is 1. The van der Waals surface area contributed by atoms with Crippen LogP contribution in [0.3, 0.4) is 0 Å². The minimum Gasteiger partial charge on any atom is -0.481 e. The zero-order valence-electron chi connectivity index (χ0n) is 9.41. The van der Waals surface area contributed by atoms with E-state index < -0.39 is 21.9 Å². The lowest BCUT2D eigenvalue weighted by atomic mass is 9.94. The van der Waals surface area contributed by atoms with E-state index in [1.807, 2.05) is 0 Å². The standard InChI is InChI=1S/C10H12N2O5/c1-10(2,9(14)15)6-11-5-7(12(16)17)3-4-8(11)13/h3-5H,6H2,1-2H3,(H,14,15). The van der Waals surface area contributed by atoms with Gasteiger partial charge in [0.15, 0.2) is 0 Å². The Morgan fingerprint density at radius 1 is 1.53 bits per heavy atom. The SMILES string of the molecule is CC(C)(Cn1cc([N+](=O)[O-])ccc1=O)C(=O)O. The number of aliphatic carboxylic acids is 1. The van der Waals surface area contributed by atoms with Crippen molar-refractivity contribution in [2.45, 2.75) is 20.4 Å². The van der Waals surface area contributed by atoms with Crippen LogP contribution in [0.15, 0.2) is 23.1 Å². The van der Waals surface area contributed by atoms with Crippen LogP contribution >= 0.6 is 0 Å². The number of nitro groups is 1. The van der Waals surface area contributed by atoms with Gasteiger partial charge in [0, 0.05) is 18.7 Å². The van der Waals surface area contributed by atoms with E-state index in [9.17, 15) is 19.7 Å². The molecule has 1 aromatic heterocycles. The quantitative estimate of drug-likeness (QED) is 0.621. The molecule has 7 heteroatoms. The normalized spacial score (nSPS) is 11.2. The van der Waals surface area contributed by atoms with Gasteiger partial charge in [-0.1, -0.05) is 0 Å². The number of aromatic nitrogens is 1. The number of hydrogen-bond donors (Lipinski definition) is 1. The van der Waals surface area contributed by atoms with Gasteiger partial charge in [0.05, 0.1) is 16.5 Å². The smallest absolute Gasteiger partial charge is 0.310 e. The molecule has 17 heavy (non-hydrogen) atoms. The van der Waals surface area contributed by atoms with Crippen molar-refractivity contribution in [3.05, 3.63) is 38.8 Å². The van der Waals surface area contributed by atoms with Crippen molar-refractivity contribution in [1.29, 1.82) is 0 Å². The molecular weight excluding hydrogens is 228 g/mol. The molecule has 0 aromatic carbocycles. The molecule has 0 bridgehead atoms. The minimum absolute atomic E-state index is 0.122. The van der Waals surface area contributed by atoms with Crippen LogP contribution in [0.4, 0.5) is 5.69 Å². The molecule has 7 nitrogen and oxygen atoms in total. The Labute approximate surface area is 96.5 Å². The van der Waals surface area contributed by atoms with Crippen molar-refractivity contribution >= 4 is 11.7 Å². The highest BCUT2D eigenvalue weighted by atomic mass is 16.6. The second kappa shape index (κ2) is 4.36. The topological polar surface area (TPSA) is 102 Å². The molecule has 0 saturated carbocycles. The fourth-order valence-electron chi connectivity index (χ4n) is 1.24. The first-order valence-corrected chi connectivity index (χ1v) is 4.82. The van der Waals surface area contributed by atoms with Crippen molar-refractivity contribution in [3.8, 4) is 0 Å². The summed E-state index contributed by atoms with van der Waals surface area (Å²) in [4.78, 5) is 32.3. The van der Waals surface area contributed by atoms with Crippen molar-refractivity contribution in [2.75, 3.05) is 0 Å². The van der Waals surface area contributed by atoms with E-state index in [1.54, 1.807) is 0 Å². The molecule has 0 fully saturated rings. The number of carbonyl (C=O) groups is 1. The van der Waals surface area contributed by atoms with Crippen molar-refractivity contribution in [1.82, 2.24) is 4.57 Å². The summed E-state index contributed by atoms with van der Waals surface area (Å²) in [7, 11) is 0. The van der Waals surface area contributed by atoms with Crippen LogP contribution in [-0.4, -0.2) is 20.6 Å². The van der Waals surface area contributed by atoms with Crippen LogP contribution in [0.5, 0.6) is 0 Å². The van der Waals surface area contributed by atoms with Crippen molar-refractivity contribution in [2.24, 2.45) is 5.41 Å². The largest absolute Gasteiger partial charge is 0.481 e. The van der Waals surface area contributed by atoms with Crippen LogP contribution in [0.1, 0.15) is 13.8 Å². The van der Waals surface area contributed by atoms with E-state index in [0.29, 0.717) is 0 Å². The minimum atomic E-state index is -1.17. The number of hydrogen-bond acceptors (Lipinski definition) is 4. The van der Waals surface area contributed by atoms with Gasteiger partial charge in [-0.2, -0.15) is 0 Å². The van der Waals surface area contributed by atoms with Crippen LogP contribution in [0.2, 0.25) is 0 Å². The van der Waals surface area contributed by atoms with Gasteiger partial charge in [-0.3, -0.25) is 19.7 Å². The summed E-state index contributed by atoms with van der Waals surface area (Å²) in [5.41, 5.74) is -1.88. The Morgan fingerprint density at radius 2 is 2.12 bits per heavy atom. The van der Waals surface area contributed by atoms with Gasteiger partial charge in [-0.05, 0) is 13.8 Å². The van der Waals surface area contributed by atoms with E-state index in [-0.39, 0.29) is 12.2 Å². The summed E-state index contributed by atoms with van der Waals surface area (Å²) < 4.78 is 1.03. The molecule has 0 aliphatic heterocycles. The predicted octanol–water partition coefficient (Wildman–Crippen LogP) is 0.867. The molecule has 0 saturated heterocycles. The first kappa shape index (κ1) is 12.9. The summed E-state index contributed by atoms with van der Waals surface area (Å²) in [6.07, 6.45) is 1.05. The summed E-state index contributed by atoms with van der Waals surface area (Å²) in [6.45, 7) is 2.77. The summed E-state index contributed by atoms with van der Waals surface area (Å²) in [5.74, 6) is -1.07. The highest BCUT2D eigenvalue weighted by Crippen LogP contribution is 2.18. The number of pyridine rings is 1. The Balaban J connectivity index is 3.14. The molecule has 1 N–H and O–H groups in total. The van der Waals surface area contributed by atoms with E-state index in [4.69, 9.17) is 5.11 Å². The van der Waals surface area contributed by atoms with Crippen LogP contribution in [-0.2, 0) is 11.3 Å². The number of nitrogens with zero attached hydrogens (tertiary/aromatic N) is 2. The van der Waals surface area contributed by atoms with Gasteiger partial charge >= 0.3 is 5.97 Å². The molecule has 0 aliphatic rings. The molecule has 0 spiro atoms. The lowest BCUT2D eigenvalue weighted by Gasteiger charge is -2.19. The molecule has 0 aliphatic carbocycles. The van der Waals surface area contributed by atoms with Gasteiger partial charge < -0.3 is 9.67 Å². The second-order valence-corrected chi connectivity index (χ2v) is 4.30. The summed E-state index contributed by atoms with van der Waals surface area (Å²) in [6, 6.07) is 2.14. The Morgan fingerprint density at radius 3 is 2.59 bits per heavy atom. The van der Waals surface area contributed by atoms with E-state index in [0.717, 1.165) is 22.9 Å². The third-order valence-electron chi connectivity index (χ3n) is 2.32. The monoisotopic (exact) mass is 240 g/mol. The average Bonchev–Trinajstić information content (AvgIpc) is 2.20. The highest BCUT2D eigenvalue weighted by molar-refractivity contribution is 5.73. The maximum Gasteiger partial charge on any atom is 0.310 e. The van der Waals surface area contributed by atoms with Crippen LogP contribution in [0.25, 0.3) is 0 Å². The molecule has 1 rings (SSSR count). The van der Waals surface area contributed by atoms with Crippen molar-refractivity contribution < 1.29 is 14.8 Å². The fourth-order valence-corrected chi connectivity index (χ4v) is 1.24.